The molecule has 2 aliphatic rings. The van der Waals surface area contributed by atoms with Crippen LogP contribution in [0.5, 0.6) is 0 Å². The molecule has 22 heavy (non-hydrogen) atoms. The lowest BCUT2D eigenvalue weighted by molar-refractivity contribution is -0.126. The van der Waals surface area contributed by atoms with Crippen LogP contribution in [0.4, 0.5) is 0 Å². The lowest BCUT2D eigenvalue weighted by Gasteiger charge is -2.37. The summed E-state index contributed by atoms with van der Waals surface area (Å²) in [4.78, 5) is 16.9. The summed E-state index contributed by atoms with van der Waals surface area (Å²) in [7, 11) is 0. The fraction of sp³-hybridized carbons (Fsp3) is 0.588. The molecule has 1 saturated heterocycles. The summed E-state index contributed by atoms with van der Waals surface area (Å²) in [5, 5.41) is 3.11. The molecule has 1 heterocycles. The quantitative estimate of drug-likeness (QED) is 0.868. The van der Waals surface area contributed by atoms with Crippen molar-refractivity contribution < 1.29 is 4.79 Å². The van der Waals surface area contributed by atoms with Crippen molar-refractivity contribution in [3.63, 3.8) is 0 Å². The predicted molar refractivity (Wildman–Crippen MR) is 91.6 cm³/mol. The summed E-state index contributed by atoms with van der Waals surface area (Å²) in [5.41, 5.74) is 1.34. The third-order valence-electron chi connectivity index (χ3n) is 4.58. The van der Waals surface area contributed by atoms with E-state index in [1.54, 1.807) is 0 Å². The van der Waals surface area contributed by atoms with E-state index in [1.165, 1.54) is 5.56 Å². The number of nitrogens with one attached hydrogen (secondary N) is 1. The van der Waals surface area contributed by atoms with Crippen molar-refractivity contribution in [2.24, 2.45) is 0 Å². The number of carbonyl (C=O) groups excluding carboxylic acids is 1. The zero-order chi connectivity index (χ0) is 15.5. The van der Waals surface area contributed by atoms with E-state index < -0.39 is 0 Å². The van der Waals surface area contributed by atoms with Crippen molar-refractivity contribution in [3.05, 3.63) is 34.3 Å². The molecule has 3 rings (SSSR count). The SMILES string of the molecule is CC(C(=O)NC1CC1)N1CCN(Cc2ccc(Br)cc2)CC1. The van der Waals surface area contributed by atoms with Gasteiger partial charge in [-0.3, -0.25) is 14.6 Å². The van der Waals surface area contributed by atoms with Crippen LogP contribution in [0.1, 0.15) is 25.3 Å². The maximum absolute atomic E-state index is 12.1. The van der Waals surface area contributed by atoms with Gasteiger partial charge < -0.3 is 5.32 Å². The molecule has 1 aliphatic carbocycles. The minimum atomic E-state index is -0.00423. The first-order valence-electron chi connectivity index (χ1n) is 8.13. The van der Waals surface area contributed by atoms with Gasteiger partial charge in [0, 0.05) is 43.2 Å². The summed E-state index contributed by atoms with van der Waals surface area (Å²) < 4.78 is 1.12. The van der Waals surface area contributed by atoms with E-state index >= 15 is 0 Å². The smallest absolute Gasteiger partial charge is 0.237 e. The lowest BCUT2D eigenvalue weighted by Crippen LogP contribution is -2.53. The summed E-state index contributed by atoms with van der Waals surface area (Å²) in [5.74, 6) is 0.198. The van der Waals surface area contributed by atoms with Crippen molar-refractivity contribution in [1.29, 1.82) is 0 Å². The Bertz CT molecular complexity index is 507. The zero-order valence-corrected chi connectivity index (χ0v) is 14.7. The van der Waals surface area contributed by atoms with Gasteiger partial charge >= 0.3 is 0 Å². The molecule has 0 bridgehead atoms. The van der Waals surface area contributed by atoms with Crippen LogP contribution in [0.2, 0.25) is 0 Å². The standard InChI is InChI=1S/C17H24BrN3O/c1-13(17(22)19-16-6-7-16)21-10-8-20(9-11-21)12-14-2-4-15(18)5-3-14/h2-5,13,16H,6-12H2,1H3,(H,19,22). The second-order valence-corrected chi connectivity index (χ2v) is 7.31. The fourth-order valence-electron chi connectivity index (χ4n) is 2.87. The number of piperazine rings is 1. The highest BCUT2D eigenvalue weighted by Crippen LogP contribution is 2.19. The Kier molecular flexibility index (Phi) is 5.16. The number of amides is 1. The Morgan fingerprint density at radius 3 is 2.45 bits per heavy atom. The summed E-state index contributed by atoms with van der Waals surface area (Å²) in [6, 6.07) is 8.97. The van der Waals surface area contributed by atoms with Crippen LogP contribution >= 0.6 is 15.9 Å². The van der Waals surface area contributed by atoms with Gasteiger partial charge in [-0.2, -0.15) is 0 Å². The molecule has 0 aromatic heterocycles. The Hall–Kier alpha value is -0.910. The monoisotopic (exact) mass is 365 g/mol. The van der Waals surface area contributed by atoms with Crippen LogP contribution in [-0.4, -0.2) is 54.0 Å². The Balaban J connectivity index is 1.45. The topological polar surface area (TPSA) is 35.6 Å². The maximum atomic E-state index is 12.1. The van der Waals surface area contributed by atoms with Gasteiger partial charge in [0.1, 0.15) is 0 Å². The average molecular weight is 366 g/mol. The summed E-state index contributed by atoms with van der Waals surface area (Å²) in [6.07, 6.45) is 2.30. The van der Waals surface area contributed by atoms with E-state index in [9.17, 15) is 4.79 Å². The van der Waals surface area contributed by atoms with Gasteiger partial charge in [-0.05, 0) is 37.5 Å². The van der Waals surface area contributed by atoms with Gasteiger partial charge in [0.25, 0.3) is 0 Å². The van der Waals surface area contributed by atoms with Gasteiger partial charge in [-0.1, -0.05) is 28.1 Å². The number of benzene rings is 1. The fourth-order valence-corrected chi connectivity index (χ4v) is 3.14. The first-order valence-corrected chi connectivity index (χ1v) is 8.92. The Morgan fingerprint density at radius 1 is 1.23 bits per heavy atom. The van der Waals surface area contributed by atoms with Crippen molar-refractivity contribution in [1.82, 2.24) is 15.1 Å². The molecule has 5 heteroatoms. The second-order valence-electron chi connectivity index (χ2n) is 6.40. The third-order valence-corrected chi connectivity index (χ3v) is 5.11. The molecule has 0 radical (unpaired) electrons. The highest BCUT2D eigenvalue weighted by Gasteiger charge is 2.29. The Morgan fingerprint density at radius 2 is 1.86 bits per heavy atom. The minimum Gasteiger partial charge on any atom is -0.352 e. The van der Waals surface area contributed by atoms with Crippen molar-refractivity contribution >= 4 is 21.8 Å². The molecule has 2 fully saturated rings. The van der Waals surface area contributed by atoms with Gasteiger partial charge in [0.2, 0.25) is 5.91 Å². The van der Waals surface area contributed by atoms with Crippen molar-refractivity contribution in [3.8, 4) is 0 Å². The molecule has 1 aliphatic heterocycles. The van der Waals surface area contributed by atoms with Crippen LogP contribution in [0.15, 0.2) is 28.7 Å². The molecule has 1 aromatic carbocycles. The van der Waals surface area contributed by atoms with E-state index in [0.29, 0.717) is 6.04 Å². The first kappa shape index (κ1) is 16.0. The van der Waals surface area contributed by atoms with E-state index in [-0.39, 0.29) is 11.9 Å². The van der Waals surface area contributed by atoms with Gasteiger partial charge in [0.05, 0.1) is 6.04 Å². The summed E-state index contributed by atoms with van der Waals surface area (Å²) >= 11 is 3.47. The molecule has 1 amide bonds. The molecule has 120 valence electrons. The van der Waals surface area contributed by atoms with Crippen LogP contribution in [-0.2, 0) is 11.3 Å². The normalized spacial score (nSPS) is 21.5. The zero-order valence-electron chi connectivity index (χ0n) is 13.1. The number of hydrogen-bond acceptors (Lipinski definition) is 3. The molecular formula is C17H24BrN3O. The van der Waals surface area contributed by atoms with Crippen LogP contribution in [0, 0.1) is 0 Å². The predicted octanol–water partition coefficient (Wildman–Crippen LogP) is 2.23. The molecule has 1 atom stereocenters. The highest BCUT2D eigenvalue weighted by molar-refractivity contribution is 9.10. The second kappa shape index (κ2) is 7.11. The van der Waals surface area contributed by atoms with Crippen LogP contribution in [0.3, 0.4) is 0 Å². The maximum Gasteiger partial charge on any atom is 0.237 e. The van der Waals surface area contributed by atoms with Crippen molar-refractivity contribution in [2.45, 2.75) is 38.4 Å². The Labute approximate surface area is 141 Å². The van der Waals surface area contributed by atoms with E-state index in [0.717, 1.165) is 50.0 Å². The van der Waals surface area contributed by atoms with Crippen LogP contribution in [0.25, 0.3) is 0 Å². The molecule has 0 spiro atoms. The van der Waals surface area contributed by atoms with Crippen LogP contribution < -0.4 is 5.32 Å². The molecular weight excluding hydrogens is 342 g/mol. The number of hydrogen-bond donors (Lipinski definition) is 1. The van der Waals surface area contributed by atoms with Gasteiger partial charge in [0.15, 0.2) is 0 Å². The lowest BCUT2D eigenvalue weighted by atomic mass is 10.1. The van der Waals surface area contributed by atoms with Gasteiger partial charge in [-0.25, -0.2) is 0 Å². The van der Waals surface area contributed by atoms with E-state index in [4.69, 9.17) is 0 Å². The third kappa shape index (κ3) is 4.31. The van der Waals surface area contributed by atoms with E-state index in [2.05, 4.69) is 55.3 Å². The summed E-state index contributed by atoms with van der Waals surface area (Å²) in [6.45, 7) is 7.01. The minimum absolute atomic E-state index is 0.00423. The number of halogens is 1. The largest absolute Gasteiger partial charge is 0.352 e. The number of carbonyl (C=O) groups is 1. The molecule has 1 aromatic rings. The number of rotatable bonds is 5. The number of nitrogens with zero attached hydrogens (tertiary/aromatic N) is 2. The average Bonchev–Trinajstić information content (AvgIpc) is 3.33. The van der Waals surface area contributed by atoms with Gasteiger partial charge in [-0.15, -0.1) is 0 Å². The molecule has 4 nitrogen and oxygen atoms in total. The molecule has 1 saturated carbocycles. The van der Waals surface area contributed by atoms with Crippen molar-refractivity contribution in [2.75, 3.05) is 26.2 Å². The molecule has 1 unspecified atom stereocenters. The van der Waals surface area contributed by atoms with E-state index in [1.807, 2.05) is 6.92 Å². The highest BCUT2D eigenvalue weighted by atomic mass is 79.9. The molecule has 1 N–H and O–H groups in total. The first-order chi connectivity index (χ1) is 10.6.